The zero-order chi connectivity index (χ0) is 9.90. The summed E-state index contributed by atoms with van der Waals surface area (Å²) in [7, 11) is 0. The Bertz CT molecular complexity index is 190. The van der Waals surface area contributed by atoms with E-state index >= 15 is 0 Å². The molecule has 4 heteroatoms. The van der Waals surface area contributed by atoms with Crippen molar-refractivity contribution < 1.29 is 9.90 Å². The number of carbonyl (C=O) groups is 1. The lowest BCUT2D eigenvalue weighted by atomic mass is 9.77. The third-order valence-electron chi connectivity index (χ3n) is 2.62. The molecule has 0 radical (unpaired) electrons. The summed E-state index contributed by atoms with van der Waals surface area (Å²) < 4.78 is 0. The van der Waals surface area contributed by atoms with Crippen LogP contribution in [0.2, 0.25) is 0 Å². The quantitative estimate of drug-likeness (QED) is 0.560. The Morgan fingerprint density at radius 2 is 2.31 bits per heavy atom. The van der Waals surface area contributed by atoms with Crippen LogP contribution < -0.4 is 11.1 Å². The SMILES string of the molecule is CC(CO)CNC(=O)C1(N)CCC1. The van der Waals surface area contributed by atoms with Gasteiger partial charge in [0, 0.05) is 13.2 Å². The standard InChI is InChI=1S/C9H18N2O2/c1-7(6-12)5-11-8(13)9(10)3-2-4-9/h7,12H,2-6,10H2,1H3,(H,11,13). The number of nitrogens with one attached hydrogen (secondary N) is 1. The Balaban J connectivity index is 2.25. The molecule has 0 aromatic rings. The molecule has 0 aliphatic heterocycles. The molecule has 1 unspecified atom stereocenters. The zero-order valence-electron chi connectivity index (χ0n) is 8.05. The van der Waals surface area contributed by atoms with Crippen molar-refractivity contribution in [2.45, 2.75) is 31.7 Å². The highest BCUT2D eigenvalue weighted by atomic mass is 16.3. The predicted octanol–water partition coefficient (Wildman–Crippen LogP) is -0.388. The van der Waals surface area contributed by atoms with E-state index in [1.807, 2.05) is 6.92 Å². The highest BCUT2D eigenvalue weighted by Crippen LogP contribution is 2.28. The van der Waals surface area contributed by atoms with Crippen molar-refractivity contribution in [1.29, 1.82) is 0 Å². The van der Waals surface area contributed by atoms with Crippen molar-refractivity contribution >= 4 is 5.91 Å². The molecular formula is C9H18N2O2. The van der Waals surface area contributed by atoms with Crippen molar-refractivity contribution in [2.75, 3.05) is 13.2 Å². The molecule has 1 rings (SSSR count). The lowest BCUT2D eigenvalue weighted by molar-refractivity contribution is -0.129. The molecule has 76 valence electrons. The third-order valence-corrected chi connectivity index (χ3v) is 2.62. The summed E-state index contributed by atoms with van der Waals surface area (Å²) in [6, 6.07) is 0. The third kappa shape index (κ3) is 2.42. The highest BCUT2D eigenvalue weighted by Gasteiger charge is 2.39. The molecule has 1 saturated carbocycles. The summed E-state index contributed by atoms with van der Waals surface area (Å²) in [5, 5.41) is 11.5. The molecular weight excluding hydrogens is 168 g/mol. The Kier molecular flexibility index (Phi) is 3.27. The number of hydrogen-bond donors (Lipinski definition) is 3. The normalized spacial score (nSPS) is 21.8. The van der Waals surface area contributed by atoms with Crippen LogP contribution in [0.3, 0.4) is 0 Å². The minimum Gasteiger partial charge on any atom is -0.396 e. The van der Waals surface area contributed by atoms with Gasteiger partial charge in [-0.05, 0) is 25.2 Å². The average Bonchev–Trinajstić information content (AvgIpc) is 2.09. The molecule has 0 bridgehead atoms. The van der Waals surface area contributed by atoms with E-state index in [1.165, 1.54) is 0 Å². The first kappa shape index (κ1) is 10.5. The van der Waals surface area contributed by atoms with Gasteiger partial charge in [0.1, 0.15) is 0 Å². The minimum atomic E-state index is -0.616. The van der Waals surface area contributed by atoms with Gasteiger partial charge >= 0.3 is 0 Å². The fourth-order valence-electron chi connectivity index (χ4n) is 1.29. The Hall–Kier alpha value is -0.610. The maximum atomic E-state index is 11.4. The number of nitrogens with two attached hydrogens (primary N) is 1. The van der Waals surface area contributed by atoms with Crippen LogP contribution in [0.1, 0.15) is 26.2 Å². The summed E-state index contributed by atoms with van der Waals surface area (Å²) in [4.78, 5) is 11.4. The Morgan fingerprint density at radius 3 is 2.69 bits per heavy atom. The first-order chi connectivity index (χ1) is 6.08. The monoisotopic (exact) mass is 186 g/mol. The van der Waals surface area contributed by atoms with Crippen molar-refractivity contribution in [3.63, 3.8) is 0 Å². The molecule has 1 fully saturated rings. The van der Waals surface area contributed by atoms with E-state index in [-0.39, 0.29) is 18.4 Å². The van der Waals surface area contributed by atoms with Gasteiger partial charge < -0.3 is 16.2 Å². The fraction of sp³-hybridized carbons (Fsp3) is 0.889. The van der Waals surface area contributed by atoms with Crippen LogP contribution in [0.4, 0.5) is 0 Å². The minimum absolute atomic E-state index is 0.0703. The maximum Gasteiger partial charge on any atom is 0.240 e. The van der Waals surface area contributed by atoms with Crippen molar-refractivity contribution in [3.05, 3.63) is 0 Å². The Morgan fingerprint density at radius 1 is 1.69 bits per heavy atom. The van der Waals surface area contributed by atoms with Crippen LogP contribution in [0, 0.1) is 5.92 Å². The van der Waals surface area contributed by atoms with Gasteiger partial charge in [-0.3, -0.25) is 4.79 Å². The van der Waals surface area contributed by atoms with E-state index in [9.17, 15) is 4.79 Å². The number of carbonyl (C=O) groups excluding carboxylic acids is 1. The summed E-state index contributed by atoms with van der Waals surface area (Å²) in [5.41, 5.74) is 5.18. The van der Waals surface area contributed by atoms with E-state index in [0.717, 1.165) is 19.3 Å². The van der Waals surface area contributed by atoms with E-state index < -0.39 is 5.54 Å². The van der Waals surface area contributed by atoms with Crippen LogP contribution >= 0.6 is 0 Å². The fourth-order valence-corrected chi connectivity index (χ4v) is 1.29. The van der Waals surface area contributed by atoms with Crippen molar-refractivity contribution in [2.24, 2.45) is 11.7 Å². The van der Waals surface area contributed by atoms with Crippen LogP contribution in [0.25, 0.3) is 0 Å². The number of aliphatic hydroxyl groups excluding tert-OH is 1. The summed E-state index contributed by atoms with van der Waals surface area (Å²) in [6.07, 6.45) is 2.61. The number of hydrogen-bond acceptors (Lipinski definition) is 3. The van der Waals surface area contributed by atoms with Gasteiger partial charge in [-0.1, -0.05) is 6.92 Å². The molecule has 1 amide bonds. The van der Waals surface area contributed by atoms with Gasteiger partial charge in [0.25, 0.3) is 0 Å². The summed E-state index contributed by atoms with van der Waals surface area (Å²) in [6.45, 7) is 2.48. The molecule has 1 aliphatic carbocycles. The summed E-state index contributed by atoms with van der Waals surface area (Å²) >= 11 is 0. The van der Waals surface area contributed by atoms with Crippen LogP contribution in [-0.4, -0.2) is 29.7 Å². The van der Waals surface area contributed by atoms with Crippen molar-refractivity contribution in [3.8, 4) is 0 Å². The zero-order valence-corrected chi connectivity index (χ0v) is 8.05. The molecule has 0 aromatic carbocycles. The molecule has 0 aromatic heterocycles. The van der Waals surface area contributed by atoms with Gasteiger partial charge in [0.05, 0.1) is 5.54 Å². The van der Waals surface area contributed by atoms with Crippen LogP contribution in [-0.2, 0) is 4.79 Å². The van der Waals surface area contributed by atoms with E-state index in [4.69, 9.17) is 10.8 Å². The largest absolute Gasteiger partial charge is 0.396 e. The van der Waals surface area contributed by atoms with Crippen LogP contribution in [0.5, 0.6) is 0 Å². The first-order valence-corrected chi connectivity index (χ1v) is 4.76. The van der Waals surface area contributed by atoms with Gasteiger partial charge in [0.15, 0.2) is 0 Å². The number of rotatable bonds is 4. The molecule has 4 N–H and O–H groups in total. The molecule has 0 spiro atoms. The second-order valence-electron chi connectivity index (χ2n) is 4.01. The van der Waals surface area contributed by atoms with Gasteiger partial charge in [-0.15, -0.1) is 0 Å². The Labute approximate surface area is 78.5 Å². The summed E-state index contributed by atoms with van der Waals surface area (Å²) in [5.74, 6) is 0.0340. The van der Waals surface area contributed by atoms with E-state index in [0.29, 0.717) is 6.54 Å². The van der Waals surface area contributed by atoms with Gasteiger partial charge in [-0.25, -0.2) is 0 Å². The molecule has 0 heterocycles. The van der Waals surface area contributed by atoms with Gasteiger partial charge in [0.2, 0.25) is 5.91 Å². The van der Waals surface area contributed by atoms with E-state index in [1.54, 1.807) is 0 Å². The highest BCUT2D eigenvalue weighted by molar-refractivity contribution is 5.86. The van der Waals surface area contributed by atoms with Gasteiger partial charge in [-0.2, -0.15) is 0 Å². The molecule has 4 nitrogen and oxygen atoms in total. The molecule has 1 atom stereocenters. The average molecular weight is 186 g/mol. The molecule has 1 aliphatic rings. The topological polar surface area (TPSA) is 75.3 Å². The molecule has 0 saturated heterocycles. The van der Waals surface area contributed by atoms with E-state index in [2.05, 4.69) is 5.32 Å². The smallest absolute Gasteiger partial charge is 0.240 e. The molecule has 13 heavy (non-hydrogen) atoms. The lowest BCUT2D eigenvalue weighted by Gasteiger charge is -2.36. The maximum absolute atomic E-state index is 11.4. The number of amides is 1. The van der Waals surface area contributed by atoms with Crippen LogP contribution in [0.15, 0.2) is 0 Å². The second-order valence-corrected chi connectivity index (χ2v) is 4.01. The van der Waals surface area contributed by atoms with Crippen molar-refractivity contribution in [1.82, 2.24) is 5.32 Å². The first-order valence-electron chi connectivity index (χ1n) is 4.76. The second kappa shape index (κ2) is 4.07. The lowest BCUT2D eigenvalue weighted by Crippen LogP contribution is -2.59. The predicted molar refractivity (Wildman–Crippen MR) is 50.0 cm³/mol. The number of aliphatic hydroxyl groups is 1.